The fraction of sp³-hybridized carbons (Fsp3) is 0.900. The summed E-state index contributed by atoms with van der Waals surface area (Å²) in [6.07, 6.45) is 5.54. The summed E-state index contributed by atoms with van der Waals surface area (Å²) in [4.78, 5) is 11.1. The van der Waals surface area contributed by atoms with Crippen molar-refractivity contribution in [2.75, 3.05) is 11.5 Å². The predicted octanol–water partition coefficient (Wildman–Crippen LogP) is 1.54. The highest BCUT2D eigenvalue weighted by atomic mass is 32.2. The van der Waals surface area contributed by atoms with Gasteiger partial charge in [0, 0.05) is 11.7 Å². The summed E-state index contributed by atoms with van der Waals surface area (Å²) in [5, 5.41) is 0. The van der Waals surface area contributed by atoms with Gasteiger partial charge in [0.1, 0.15) is 0 Å². The summed E-state index contributed by atoms with van der Waals surface area (Å²) < 4.78 is 0. The normalized spacial score (nSPS) is 19.6. The summed E-state index contributed by atoms with van der Waals surface area (Å²) in [6, 6.07) is 0. The van der Waals surface area contributed by atoms with Crippen LogP contribution >= 0.6 is 11.8 Å². The molecule has 0 aliphatic heterocycles. The first-order valence-electron chi connectivity index (χ1n) is 5.32. The lowest BCUT2D eigenvalue weighted by Crippen LogP contribution is -2.35. The lowest BCUT2D eigenvalue weighted by Gasteiger charge is -2.11. The van der Waals surface area contributed by atoms with Crippen LogP contribution in [0.25, 0.3) is 0 Å². The Morgan fingerprint density at radius 1 is 1.57 bits per heavy atom. The second kappa shape index (κ2) is 6.30. The average molecular weight is 216 g/mol. The van der Waals surface area contributed by atoms with Crippen LogP contribution < -0.4 is 11.3 Å². The smallest absolute Gasteiger partial charge is 0.237 e. The van der Waals surface area contributed by atoms with Crippen LogP contribution in [0.4, 0.5) is 0 Å². The minimum atomic E-state index is -0.0519. The van der Waals surface area contributed by atoms with Crippen LogP contribution in [-0.4, -0.2) is 17.4 Å². The molecule has 0 saturated heterocycles. The van der Waals surface area contributed by atoms with Gasteiger partial charge in [-0.15, -0.1) is 0 Å². The number of nitrogens with one attached hydrogen (secondary N) is 1. The first-order valence-corrected chi connectivity index (χ1v) is 6.47. The number of hydrazine groups is 1. The number of nitrogens with two attached hydrogens (primary N) is 1. The molecular weight excluding hydrogens is 196 g/mol. The molecule has 3 nitrogen and oxygen atoms in total. The average Bonchev–Trinajstić information content (AvgIpc) is 2.69. The molecule has 14 heavy (non-hydrogen) atoms. The van der Waals surface area contributed by atoms with Crippen LogP contribution in [0.1, 0.15) is 32.6 Å². The van der Waals surface area contributed by atoms with E-state index in [0.717, 1.165) is 11.7 Å². The number of carbonyl (C=O) groups excluding carboxylic acids is 1. The summed E-state index contributed by atoms with van der Waals surface area (Å²) in [7, 11) is 0. The van der Waals surface area contributed by atoms with Crippen molar-refractivity contribution >= 4 is 17.7 Å². The number of rotatable bonds is 5. The third kappa shape index (κ3) is 3.88. The summed E-state index contributed by atoms with van der Waals surface area (Å²) in [6.45, 7) is 1.92. The van der Waals surface area contributed by atoms with E-state index in [1.54, 1.807) is 0 Å². The van der Waals surface area contributed by atoms with Crippen molar-refractivity contribution in [2.45, 2.75) is 32.6 Å². The molecule has 0 aromatic carbocycles. The Balaban J connectivity index is 2.05. The van der Waals surface area contributed by atoms with Crippen molar-refractivity contribution < 1.29 is 4.79 Å². The number of hydrogen-bond donors (Lipinski definition) is 2. The molecule has 1 unspecified atom stereocenters. The van der Waals surface area contributed by atoms with Crippen molar-refractivity contribution in [1.82, 2.24) is 5.43 Å². The predicted molar refractivity (Wildman–Crippen MR) is 60.8 cm³/mol. The van der Waals surface area contributed by atoms with Crippen molar-refractivity contribution in [2.24, 2.45) is 17.7 Å². The fourth-order valence-corrected chi connectivity index (χ4v) is 3.11. The largest absolute Gasteiger partial charge is 0.294 e. The molecule has 0 radical (unpaired) electrons. The Bertz CT molecular complexity index is 181. The highest BCUT2D eigenvalue weighted by molar-refractivity contribution is 7.99. The molecule has 1 aliphatic rings. The van der Waals surface area contributed by atoms with Crippen LogP contribution in [-0.2, 0) is 4.79 Å². The van der Waals surface area contributed by atoms with Crippen LogP contribution in [0.3, 0.4) is 0 Å². The zero-order valence-corrected chi connectivity index (χ0v) is 9.61. The van der Waals surface area contributed by atoms with E-state index in [-0.39, 0.29) is 11.8 Å². The van der Waals surface area contributed by atoms with Gasteiger partial charge in [-0.1, -0.05) is 19.8 Å². The van der Waals surface area contributed by atoms with E-state index in [9.17, 15) is 4.79 Å². The van der Waals surface area contributed by atoms with Gasteiger partial charge < -0.3 is 0 Å². The summed E-state index contributed by atoms with van der Waals surface area (Å²) in [5.41, 5.74) is 2.19. The first-order chi connectivity index (χ1) is 6.74. The van der Waals surface area contributed by atoms with Gasteiger partial charge in [-0.2, -0.15) is 11.8 Å². The van der Waals surface area contributed by atoms with E-state index in [4.69, 9.17) is 5.84 Å². The maximum atomic E-state index is 11.1. The molecule has 1 fully saturated rings. The maximum Gasteiger partial charge on any atom is 0.237 e. The number of amides is 1. The van der Waals surface area contributed by atoms with E-state index < -0.39 is 0 Å². The van der Waals surface area contributed by atoms with Crippen LogP contribution in [0, 0.1) is 11.8 Å². The Hall–Kier alpha value is -0.220. The van der Waals surface area contributed by atoms with E-state index in [1.165, 1.54) is 31.4 Å². The summed E-state index contributed by atoms with van der Waals surface area (Å²) in [5.74, 6) is 8.04. The second-order valence-corrected chi connectivity index (χ2v) is 5.17. The molecule has 0 heterocycles. The van der Waals surface area contributed by atoms with Gasteiger partial charge in [0.2, 0.25) is 5.91 Å². The standard InChI is InChI=1S/C10H20N2OS/c1-8(10(13)12-11)6-14-7-9-4-2-3-5-9/h8-9H,2-7,11H2,1H3,(H,12,13). The molecule has 1 amide bonds. The Morgan fingerprint density at radius 3 is 2.79 bits per heavy atom. The first kappa shape index (κ1) is 11.9. The third-order valence-electron chi connectivity index (χ3n) is 2.79. The minimum absolute atomic E-state index is 0.0337. The van der Waals surface area contributed by atoms with E-state index in [2.05, 4.69) is 5.43 Å². The van der Waals surface area contributed by atoms with Gasteiger partial charge >= 0.3 is 0 Å². The van der Waals surface area contributed by atoms with E-state index in [1.807, 2.05) is 18.7 Å². The van der Waals surface area contributed by atoms with Crippen molar-refractivity contribution in [3.8, 4) is 0 Å². The fourth-order valence-electron chi connectivity index (χ4n) is 1.81. The van der Waals surface area contributed by atoms with Crippen molar-refractivity contribution in [1.29, 1.82) is 0 Å². The van der Waals surface area contributed by atoms with Crippen molar-refractivity contribution in [3.05, 3.63) is 0 Å². The zero-order chi connectivity index (χ0) is 10.4. The topological polar surface area (TPSA) is 55.1 Å². The van der Waals surface area contributed by atoms with Crippen LogP contribution in [0.2, 0.25) is 0 Å². The molecule has 82 valence electrons. The van der Waals surface area contributed by atoms with Gasteiger partial charge in [0.15, 0.2) is 0 Å². The Morgan fingerprint density at radius 2 is 2.21 bits per heavy atom. The van der Waals surface area contributed by atoms with Crippen molar-refractivity contribution in [3.63, 3.8) is 0 Å². The highest BCUT2D eigenvalue weighted by Crippen LogP contribution is 2.28. The van der Waals surface area contributed by atoms with Gasteiger partial charge in [0.25, 0.3) is 0 Å². The van der Waals surface area contributed by atoms with Crippen LogP contribution in [0.15, 0.2) is 0 Å². The van der Waals surface area contributed by atoms with E-state index in [0.29, 0.717) is 0 Å². The lowest BCUT2D eigenvalue weighted by molar-refractivity contribution is -0.123. The van der Waals surface area contributed by atoms with E-state index >= 15 is 0 Å². The molecule has 1 atom stereocenters. The molecule has 3 N–H and O–H groups in total. The SMILES string of the molecule is CC(CSCC1CCCC1)C(=O)NN. The van der Waals surface area contributed by atoms with Gasteiger partial charge in [-0.05, 0) is 24.5 Å². The zero-order valence-electron chi connectivity index (χ0n) is 8.79. The quantitative estimate of drug-likeness (QED) is 0.416. The molecular formula is C10H20N2OS. The minimum Gasteiger partial charge on any atom is -0.294 e. The maximum absolute atomic E-state index is 11.1. The number of carbonyl (C=O) groups is 1. The molecule has 1 saturated carbocycles. The summed E-state index contributed by atoms with van der Waals surface area (Å²) >= 11 is 1.89. The van der Waals surface area contributed by atoms with Crippen LogP contribution in [0.5, 0.6) is 0 Å². The lowest BCUT2D eigenvalue weighted by atomic mass is 10.1. The molecule has 4 heteroatoms. The second-order valence-electron chi connectivity index (χ2n) is 4.10. The Labute approximate surface area is 90.2 Å². The van der Waals surface area contributed by atoms with Gasteiger partial charge in [0.05, 0.1) is 0 Å². The highest BCUT2D eigenvalue weighted by Gasteiger charge is 2.16. The molecule has 1 aliphatic carbocycles. The molecule has 0 spiro atoms. The Kier molecular flexibility index (Phi) is 5.33. The molecule has 0 aromatic heterocycles. The molecule has 1 rings (SSSR count). The number of hydrogen-bond acceptors (Lipinski definition) is 3. The van der Waals surface area contributed by atoms with Gasteiger partial charge in [-0.3, -0.25) is 10.2 Å². The monoisotopic (exact) mass is 216 g/mol. The number of thioether (sulfide) groups is 1. The molecule has 0 aromatic rings. The third-order valence-corrected chi connectivity index (χ3v) is 4.23. The molecule has 0 bridgehead atoms. The van der Waals surface area contributed by atoms with Gasteiger partial charge in [-0.25, -0.2) is 5.84 Å².